The topological polar surface area (TPSA) is 119 Å². The number of benzene rings is 2. The Morgan fingerprint density at radius 3 is 2.43 bits per heavy atom. The molecule has 2 aliphatic carbocycles. The number of likely N-dealkylation sites (tertiary alicyclic amines) is 2. The zero-order valence-electron chi connectivity index (χ0n) is 33.1. The first-order valence-electron chi connectivity index (χ1n) is 20.8. The van der Waals surface area contributed by atoms with Gasteiger partial charge in [0.2, 0.25) is 10.0 Å². The summed E-state index contributed by atoms with van der Waals surface area (Å²) in [5.41, 5.74) is 8.13. The minimum atomic E-state index is -3.82. The highest BCUT2D eigenvalue weighted by molar-refractivity contribution is 7.90. The molecule has 296 valence electrons. The highest BCUT2D eigenvalue weighted by Crippen LogP contribution is 2.49. The Morgan fingerprint density at radius 1 is 0.946 bits per heavy atom. The van der Waals surface area contributed by atoms with E-state index in [0.717, 1.165) is 116 Å². The number of carbonyl (C=O) groups is 2. The molecule has 3 aliphatic heterocycles. The van der Waals surface area contributed by atoms with E-state index in [1.54, 1.807) is 19.4 Å². The van der Waals surface area contributed by atoms with Crippen molar-refractivity contribution in [2.45, 2.75) is 109 Å². The summed E-state index contributed by atoms with van der Waals surface area (Å²) in [7, 11) is -2.13. The number of hydrogen-bond donors (Lipinski definition) is 1. The molecule has 2 aromatic heterocycles. The van der Waals surface area contributed by atoms with Crippen LogP contribution in [0.5, 0.6) is 5.75 Å². The van der Waals surface area contributed by atoms with Crippen LogP contribution in [0.3, 0.4) is 0 Å². The molecule has 2 aromatic carbocycles. The van der Waals surface area contributed by atoms with Crippen LogP contribution in [0.15, 0.2) is 42.6 Å². The second-order valence-electron chi connectivity index (χ2n) is 17.2. The third kappa shape index (κ3) is 6.46. The largest absolute Gasteiger partial charge is 0.497 e. The number of methoxy groups -OCH3 is 1. The lowest BCUT2D eigenvalue weighted by Gasteiger charge is -2.34. The van der Waals surface area contributed by atoms with Crippen molar-refractivity contribution in [2.75, 3.05) is 32.5 Å². The van der Waals surface area contributed by atoms with Crippen molar-refractivity contribution < 1.29 is 22.7 Å². The van der Waals surface area contributed by atoms with Crippen LogP contribution in [0.25, 0.3) is 33.8 Å². The molecule has 2 bridgehead atoms. The summed E-state index contributed by atoms with van der Waals surface area (Å²) >= 11 is 0. The first-order valence-corrected chi connectivity index (χ1v) is 22.4. The summed E-state index contributed by atoms with van der Waals surface area (Å²) in [4.78, 5) is 33.0. The van der Waals surface area contributed by atoms with Gasteiger partial charge in [0.1, 0.15) is 5.75 Å². The lowest BCUT2D eigenvalue weighted by Crippen LogP contribution is -2.48. The second-order valence-corrected chi connectivity index (χ2v) is 18.9. The molecule has 0 spiro atoms. The van der Waals surface area contributed by atoms with Crippen molar-refractivity contribution in [3.05, 3.63) is 70.5 Å². The van der Waals surface area contributed by atoms with Gasteiger partial charge in [0.25, 0.3) is 11.8 Å². The number of ether oxygens (including phenoxy) is 1. The second kappa shape index (κ2) is 14.5. The maximum absolute atomic E-state index is 14.7. The van der Waals surface area contributed by atoms with Crippen LogP contribution in [0, 0.1) is 5.92 Å². The molecule has 2 saturated heterocycles. The van der Waals surface area contributed by atoms with E-state index in [0.29, 0.717) is 29.6 Å². The van der Waals surface area contributed by atoms with Gasteiger partial charge >= 0.3 is 0 Å². The van der Waals surface area contributed by atoms with Gasteiger partial charge in [0.15, 0.2) is 0 Å². The van der Waals surface area contributed by atoms with Gasteiger partial charge in [-0.15, -0.1) is 0 Å². The van der Waals surface area contributed by atoms with Crippen molar-refractivity contribution in [1.29, 1.82) is 0 Å². The summed E-state index contributed by atoms with van der Waals surface area (Å²) in [6.45, 7) is 8.93. The Morgan fingerprint density at radius 2 is 1.75 bits per heavy atom. The molecule has 4 fully saturated rings. The van der Waals surface area contributed by atoms with E-state index in [2.05, 4.69) is 48.9 Å². The Bertz CT molecular complexity index is 2350. The molecule has 11 nitrogen and oxygen atoms in total. The average Bonchev–Trinajstić information content (AvgIpc) is 3.93. The molecule has 0 radical (unpaired) electrons. The van der Waals surface area contributed by atoms with Gasteiger partial charge in [-0.25, -0.2) is 13.1 Å². The molecular weight excluding hydrogens is 725 g/mol. The molecule has 56 heavy (non-hydrogen) atoms. The highest BCUT2D eigenvalue weighted by atomic mass is 32.2. The Hall–Kier alpha value is -4.42. The predicted molar refractivity (Wildman–Crippen MR) is 219 cm³/mol. The van der Waals surface area contributed by atoms with Crippen LogP contribution in [0.1, 0.15) is 128 Å². The number of fused-ring (bicyclic) bond motifs is 7. The van der Waals surface area contributed by atoms with E-state index in [4.69, 9.17) is 9.84 Å². The number of amides is 2. The van der Waals surface area contributed by atoms with Crippen molar-refractivity contribution in [3.63, 3.8) is 0 Å². The Balaban J connectivity index is 1.22. The van der Waals surface area contributed by atoms with Crippen molar-refractivity contribution in [1.82, 2.24) is 28.9 Å². The first-order chi connectivity index (χ1) is 27.0. The van der Waals surface area contributed by atoms with E-state index >= 15 is 0 Å². The number of likely N-dealkylation sites (N-methyl/N-ethyl adjacent to an activating group) is 1. The van der Waals surface area contributed by atoms with Crippen LogP contribution in [-0.4, -0.2) is 89.0 Å². The molecule has 5 aliphatic rings. The van der Waals surface area contributed by atoms with Crippen molar-refractivity contribution >= 4 is 44.4 Å². The van der Waals surface area contributed by atoms with Gasteiger partial charge in [-0.1, -0.05) is 46.1 Å². The maximum atomic E-state index is 14.7. The lowest BCUT2D eigenvalue weighted by molar-refractivity contribution is 0.0630. The van der Waals surface area contributed by atoms with Gasteiger partial charge in [-0.3, -0.25) is 19.2 Å². The molecule has 5 heterocycles. The number of allylic oxidation sites excluding steroid dienone is 1. The van der Waals surface area contributed by atoms with Gasteiger partial charge in [0.05, 0.1) is 48.6 Å². The standard InChI is InChI=1S/C44H54N6O5S/c1-5-47-24-34-21-33(47)25-48(34)44(52)38-22-45-50(32-12-9-13-32)41(38)31-18-30-19-35(55-4)15-17-36(30)42-40(28-10-7-6-8-11-28)37-16-14-29(20-39(37)49(42)23-31)43(51)46-56(53,54)26-27(2)3/h14-20,22,27-28,32-34H,5-13,21,23-26H2,1-4H3,(H,46,51)/t33-,34-/m1/s1. The summed E-state index contributed by atoms with van der Waals surface area (Å²) < 4.78 is 38.4. The van der Waals surface area contributed by atoms with E-state index in [1.807, 2.05) is 32.0 Å². The van der Waals surface area contributed by atoms with Crippen LogP contribution in [0.4, 0.5) is 0 Å². The normalized spacial score (nSPS) is 21.5. The summed E-state index contributed by atoms with van der Waals surface area (Å²) in [6.07, 6.45) is 13.9. The molecule has 2 saturated carbocycles. The highest BCUT2D eigenvalue weighted by Gasteiger charge is 2.46. The number of nitrogens with one attached hydrogen (secondary N) is 1. The van der Waals surface area contributed by atoms with Crippen LogP contribution < -0.4 is 9.46 Å². The zero-order valence-corrected chi connectivity index (χ0v) is 33.9. The summed E-state index contributed by atoms with van der Waals surface area (Å²) in [5, 5.41) is 6.06. The molecule has 12 heteroatoms. The zero-order chi connectivity index (χ0) is 38.9. The third-order valence-electron chi connectivity index (χ3n) is 13.1. The average molecular weight is 779 g/mol. The fourth-order valence-corrected chi connectivity index (χ4v) is 11.7. The maximum Gasteiger partial charge on any atom is 0.264 e. The van der Waals surface area contributed by atoms with Crippen LogP contribution >= 0.6 is 0 Å². The monoisotopic (exact) mass is 778 g/mol. The van der Waals surface area contributed by atoms with E-state index < -0.39 is 15.9 Å². The van der Waals surface area contributed by atoms with Crippen LogP contribution in [0.2, 0.25) is 0 Å². The number of sulfonamides is 1. The smallest absolute Gasteiger partial charge is 0.264 e. The minimum absolute atomic E-state index is 0.0480. The first kappa shape index (κ1) is 37.2. The molecule has 0 unspecified atom stereocenters. The number of piperazine rings is 1. The molecular formula is C44H54N6O5S. The number of aromatic nitrogens is 3. The molecule has 1 N–H and O–H groups in total. The quantitative estimate of drug-likeness (QED) is 0.178. The van der Waals surface area contributed by atoms with Gasteiger partial charge in [-0.05, 0) is 110 Å². The van der Waals surface area contributed by atoms with Gasteiger partial charge in [0, 0.05) is 47.2 Å². The van der Waals surface area contributed by atoms with E-state index in [1.165, 1.54) is 12.0 Å². The van der Waals surface area contributed by atoms with Crippen LogP contribution in [-0.2, 0) is 16.6 Å². The number of hydrogen-bond acceptors (Lipinski definition) is 7. The molecule has 4 aromatic rings. The minimum Gasteiger partial charge on any atom is -0.497 e. The fraction of sp³-hybridized carbons (Fsp3) is 0.523. The van der Waals surface area contributed by atoms with Gasteiger partial charge in [-0.2, -0.15) is 5.10 Å². The van der Waals surface area contributed by atoms with E-state index in [-0.39, 0.29) is 29.7 Å². The summed E-state index contributed by atoms with van der Waals surface area (Å²) in [5.74, 6) is 0.245. The Labute approximate surface area is 330 Å². The van der Waals surface area contributed by atoms with E-state index in [9.17, 15) is 18.0 Å². The molecule has 9 rings (SSSR count). The number of nitrogens with zero attached hydrogens (tertiary/aromatic N) is 5. The lowest BCUT2D eigenvalue weighted by atomic mass is 9.81. The SMILES string of the molecule is CCN1C[C@H]2C[C@@H]1CN2C(=O)c1cnn(C2CCC2)c1C1=Cc2cc(OC)ccc2-c2c(C3CCCCC3)c3ccc(C(=O)NS(=O)(=O)CC(C)C)cc3n2C1. The predicted octanol–water partition coefficient (Wildman–Crippen LogP) is 7.47. The summed E-state index contributed by atoms with van der Waals surface area (Å²) in [6, 6.07) is 12.7. The van der Waals surface area contributed by atoms with Crippen molar-refractivity contribution in [2.24, 2.45) is 5.92 Å². The van der Waals surface area contributed by atoms with Crippen molar-refractivity contribution in [3.8, 4) is 17.0 Å². The molecule has 2 amide bonds. The molecule has 2 atom stereocenters. The number of carbonyl (C=O) groups excluding carboxylic acids is 2. The fourth-order valence-electron chi connectivity index (χ4n) is 10.3. The van der Waals surface area contributed by atoms with Gasteiger partial charge < -0.3 is 14.2 Å². The third-order valence-corrected chi connectivity index (χ3v) is 14.7. The number of rotatable bonds is 10. The Kier molecular flexibility index (Phi) is 9.63.